The van der Waals surface area contributed by atoms with Gasteiger partial charge in [-0.2, -0.15) is 0 Å². The summed E-state index contributed by atoms with van der Waals surface area (Å²) in [4.78, 5) is 23.1. The standard InChI is InChI=1S/C40H76O4/c1-3-5-7-8-9-10-11-12-13-14-15-16-17-18-19-23-26-29-33-37-40(43)44-38(34-30-6-4-2)35-31-27-24-21-20-22-25-28-32-36-39(41)42/h12-13,38H,3-11,14-37H2,1-2H3,(H,41,42)/b13-12-. The second kappa shape index (κ2) is 36.2. The van der Waals surface area contributed by atoms with E-state index in [1.807, 2.05) is 0 Å². The fourth-order valence-corrected chi connectivity index (χ4v) is 6.06. The molecule has 1 N–H and O–H groups in total. The Morgan fingerprint density at radius 1 is 0.477 bits per heavy atom. The van der Waals surface area contributed by atoms with E-state index < -0.39 is 5.97 Å². The minimum atomic E-state index is -0.678. The highest BCUT2D eigenvalue weighted by molar-refractivity contribution is 5.69. The Balaban J connectivity index is 3.67. The third-order valence-corrected chi connectivity index (χ3v) is 8.99. The highest BCUT2D eigenvalue weighted by Crippen LogP contribution is 2.18. The molecule has 0 aliphatic rings. The van der Waals surface area contributed by atoms with Crippen LogP contribution in [0.3, 0.4) is 0 Å². The monoisotopic (exact) mass is 621 g/mol. The molecule has 1 atom stereocenters. The summed E-state index contributed by atoms with van der Waals surface area (Å²) < 4.78 is 5.95. The van der Waals surface area contributed by atoms with Gasteiger partial charge in [0, 0.05) is 12.8 Å². The fraction of sp³-hybridized carbons (Fsp3) is 0.900. The number of hydrogen-bond acceptors (Lipinski definition) is 3. The van der Waals surface area contributed by atoms with Crippen molar-refractivity contribution in [1.82, 2.24) is 0 Å². The predicted molar refractivity (Wildman–Crippen MR) is 190 cm³/mol. The maximum atomic E-state index is 12.5. The van der Waals surface area contributed by atoms with Gasteiger partial charge < -0.3 is 9.84 Å². The lowest BCUT2D eigenvalue weighted by atomic mass is 10.0. The third kappa shape index (κ3) is 35.2. The minimum absolute atomic E-state index is 0.0235. The molecule has 0 radical (unpaired) electrons. The number of hydrogen-bond donors (Lipinski definition) is 1. The zero-order valence-corrected chi connectivity index (χ0v) is 29.7. The number of unbranched alkanes of at least 4 members (excludes halogenated alkanes) is 25. The van der Waals surface area contributed by atoms with E-state index in [9.17, 15) is 9.59 Å². The van der Waals surface area contributed by atoms with Crippen LogP contribution in [0.5, 0.6) is 0 Å². The van der Waals surface area contributed by atoms with E-state index in [4.69, 9.17) is 9.84 Å². The normalized spacial score (nSPS) is 12.2. The fourth-order valence-electron chi connectivity index (χ4n) is 6.06. The Labute approximate surface area is 275 Å². The molecule has 0 saturated heterocycles. The van der Waals surface area contributed by atoms with Gasteiger partial charge in [-0.3, -0.25) is 9.59 Å². The van der Waals surface area contributed by atoms with Crippen LogP contribution >= 0.6 is 0 Å². The molecule has 260 valence electrons. The van der Waals surface area contributed by atoms with Gasteiger partial charge in [-0.1, -0.05) is 161 Å². The summed E-state index contributed by atoms with van der Waals surface area (Å²) in [6.07, 6.45) is 44.1. The Bertz CT molecular complexity index is 629. The minimum Gasteiger partial charge on any atom is -0.481 e. The summed E-state index contributed by atoms with van der Waals surface area (Å²) in [5, 5.41) is 8.69. The van der Waals surface area contributed by atoms with Gasteiger partial charge in [-0.15, -0.1) is 0 Å². The number of carboxylic acids is 1. The molecule has 0 bridgehead atoms. The second-order valence-corrected chi connectivity index (χ2v) is 13.5. The second-order valence-electron chi connectivity index (χ2n) is 13.5. The SMILES string of the molecule is CCCCCCCC/C=C\CCCCCCCCCCCC(=O)OC(CCCCC)CCCCCCCCCCCC(=O)O. The van der Waals surface area contributed by atoms with Gasteiger partial charge in [0.1, 0.15) is 6.10 Å². The lowest BCUT2D eigenvalue weighted by molar-refractivity contribution is -0.150. The third-order valence-electron chi connectivity index (χ3n) is 8.99. The van der Waals surface area contributed by atoms with Crippen molar-refractivity contribution < 1.29 is 19.4 Å². The Morgan fingerprint density at radius 2 is 0.818 bits per heavy atom. The first-order valence-electron chi connectivity index (χ1n) is 19.7. The van der Waals surface area contributed by atoms with Gasteiger partial charge in [0.05, 0.1) is 0 Å². The molecule has 0 spiro atoms. The maximum absolute atomic E-state index is 12.5. The highest BCUT2D eigenvalue weighted by Gasteiger charge is 2.14. The molecule has 0 amide bonds. The number of carbonyl (C=O) groups excluding carboxylic acids is 1. The number of esters is 1. The lowest BCUT2D eigenvalue weighted by Gasteiger charge is -2.18. The molecule has 4 nitrogen and oxygen atoms in total. The van der Waals surface area contributed by atoms with Crippen LogP contribution in [-0.4, -0.2) is 23.1 Å². The van der Waals surface area contributed by atoms with Crippen molar-refractivity contribution in [2.24, 2.45) is 0 Å². The zero-order chi connectivity index (χ0) is 32.2. The largest absolute Gasteiger partial charge is 0.481 e. The molecule has 0 fully saturated rings. The summed E-state index contributed by atoms with van der Waals surface area (Å²) >= 11 is 0. The average molecular weight is 621 g/mol. The first-order valence-corrected chi connectivity index (χ1v) is 19.7. The van der Waals surface area contributed by atoms with Crippen molar-refractivity contribution in [3.8, 4) is 0 Å². The van der Waals surface area contributed by atoms with Crippen molar-refractivity contribution in [3.63, 3.8) is 0 Å². The van der Waals surface area contributed by atoms with E-state index in [1.54, 1.807) is 0 Å². The number of carboxylic acid groups (broad SMARTS) is 1. The molecule has 0 heterocycles. The van der Waals surface area contributed by atoms with Crippen molar-refractivity contribution in [2.45, 2.75) is 232 Å². The number of rotatable bonds is 36. The molecular weight excluding hydrogens is 544 g/mol. The first kappa shape index (κ1) is 42.7. The lowest BCUT2D eigenvalue weighted by Crippen LogP contribution is -2.18. The van der Waals surface area contributed by atoms with E-state index in [1.165, 1.54) is 141 Å². The van der Waals surface area contributed by atoms with Crippen molar-refractivity contribution in [1.29, 1.82) is 0 Å². The molecular formula is C40H76O4. The van der Waals surface area contributed by atoms with Crippen LogP contribution in [0.15, 0.2) is 12.2 Å². The summed E-state index contributed by atoms with van der Waals surface area (Å²) in [7, 11) is 0. The van der Waals surface area contributed by atoms with Crippen LogP contribution in [0.2, 0.25) is 0 Å². The van der Waals surface area contributed by atoms with Crippen molar-refractivity contribution >= 4 is 11.9 Å². The Kier molecular flexibility index (Phi) is 35.1. The number of carbonyl (C=O) groups is 2. The topological polar surface area (TPSA) is 63.6 Å². The first-order chi connectivity index (χ1) is 21.6. The smallest absolute Gasteiger partial charge is 0.306 e. The van der Waals surface area contributed by atoms with Gasteiger partial charge >= 0.3 is 11.9 Å². The summed E-state index contributed by atoms with van der Waals surface area (Å²) in [5.41, 5.74) is 0. The van der Waals surface area contributed by atoms with Gasteiger partial charge in [0.2, 0.25) is 0 Å². The van der Waals surface area contributed by atoms with Crippen LogP contribution in [0, 0.1) is 0 Å². The molecule has 1 unspecified atom stereocenters. The Hall–Kier alpha value is -1.32. The van der Waals surface area contributed by atoms with Crippen LogP contribution in [0.1, 0.15) is 226 Å². The van der Waals surface area contributed by atoms with Crippen LogP contribution in [0.25, 0.3) is 0 Å². The van der Waals surface area contributed by atoms with E-state index in [0.717, 1.165) is 57.8 Å². The zero-order valence-electron chi connectivity index (χ0n) is 29.7. The van der Waals surface area contributed by atoms with E-state index in [0.29, 0.717) is 12.8 Å². The highest BCUT2D eigenvalue weighted by atomic mass is 16.5. The van der Waals surface area contributed by atoms with Crippen LogP contribution in [-0.2, 0) is 14.3 Å². The average Bonchev–Trinajstić information content (AvgIpc) is 3.00. The Morgan fingerprint density at radius 3 is 1.27 bits per heavy atom. The summed E-state index contributed by atoms with van der Waals surface area (Å²) in [6, 6.07) is 0. The van der Waals surface area contributed by atoms with Crippen molar-refractivity contribution in [2.75, 3.05) is 0 Å². The van der Waals surface area contributed by atoms with Crippen LogP contribution < -0.4 is 0 Å². The number of allylic oxidation sites excluding steroid dienone is 2. The van der Waals surface area contributed by atoms with E-state index in [2.05, 4.69) is 26.0 Å². The van der Waals surface area contributed by atoms with Gasteiger partial charge in [0.15, 0.2) is 0 Å². The quantitative estimate of drug-likeness (QED) is 0.0430. The van der Waals surface area contributed by atoms with E-state index in [-0.39, 0.29) is 12.1 Å². The molecule has 0 aromatic rings. The molecule has 0 aromatic carbocycles. The summed E-state index contributed by atoms with van der Waals surface area (Å²) in [6.45, 7) is 4.51. The molecule has 0 aliphatic carbocycles. The predicted octanol–water partition coefficient (Wildman–Crippen LogP) is 13.5. The molecule has 0 rings (SSSR count). The van der Waals surface area contributed by atoms with Gasteiger partial charge in [0.25, 0.3) is 0 Å². The molecule has 44 heavy (non-hydrogen) atoms. The maximum Gasteiger partial charge on any atom is 0.306 e. The number of aliphatic carboxylic acids is 1. The van der Waals surface area contributed by atoms with Crippen molar-refractivity contribution in [3.05, 3.63) is 12.2 Å². The van der Waals surface area contributed by atoms with Crippen LogP contribution in [0.4, 0.5) is 0 Å². The molecule has 4 heteroatoms. The molecule has 0 aromatic heterocycles. The number of ether oxygens (including phenoxy) is 1. The molecule has 0 aliphatic heterocycles. The van der Waals surface area contributed by atoms with E-state index >= 15 is 0 Å². The summed E-state index contributed by atoms with van der Waals surface area (Å²) in [5.74, 6) is -0.654. The van der Waals surface area contributed by atoms with Gasteiger partial charge in [-0.25, -0.2) is 0 Å². The molecule has 0 saturated carbocycles. The van der Waals surface area contributed by atoms with Gasteiger partial charge in [-0.05, 0) is 64.2 Å².